The van der Waals surface area contributed by atoms with E-state index in [-0.39, 0.29) is 5.92 Å². The first-order valence-corrected chi connectivity index (χ1v) is 7.60. The van der Waals surface area contributed by atoms with Gasteiger partial charge in [-0.25, -0.2) is 0 Å². The summed E-state index contributed by atoms with van der Waals surface area (Å²) in [6, 6.07) is 0.521. The van der Waals surface area contributed by atoms with Crippen LogP contribution in [-0.2, 0) is 4.79 Å². The van der Waals surface area contributed by atoms with Crippen molar-refractivity contribution in [1.29, 1.82) is 0 Å². The molecule has 3 heteroatoms. The van der Waals surface area contributed by atoms with Crippen LogP contribution >= 0.6 is 0 Å². The van der Waals surface area contributed by atoms with E-state index in [0.717, 1.165) is 19.6 Å². The van der Waals surface area contributed by atoms with Crippen LogP contribution in [0, 0.1) is 17.8 Å². The molecule has 2 fully saturated rings. The molecule has 0 aromatic rings. The smallest absolute Gasteiger partial charge is 0.227 e. The van der Waals surface area contributed by atoms with Crippen LogP contribution in [0.1, 0.15) is 46.5 Å². The lowest BCUT2D eigenvalue weighted by molar-refractivity contribution is -0.139. The summed E-state index contributed by atoms with van der Waals surface area (Å²) >= 11 is 0. The van der Waals surface area contributed by atoms with Crippen molar-refractivity contribution in [2.24, 2.45) is 17.8 Å². The Bertz CT molecular complexity index is 284. The highest BCUT2D eigenvalue weighted by atomic mass is 16.2. The highest BCUT2D eigenvalue weighted by Gasteiger charge is 2.36. The molecular weight excluding hydrogens is 224 g/mol. The Kier molecular flexibility index (Phi) is 4.66. The van der Waals surface area contributed by atoms with Crippen molar-refractivity contribution in [2.45, 2.75) is 52.5 Å². The summed E-state index contributed by atoms with van der Waals surface area (Å²) in [5.41, 5.74) is 0. The fourth-order valence-corrected chi connectivity index (χ4v) is 3.38. The molecule has 1 saturated carbocycles. The van der Waals surface area contributed by atoms with Gasteiger partial charge in [-0.15, -0.1) is 0 Å². The molecule has 0 spiro atoms. The van der Waals surface area contributed by atoms with Crippen molar-refractivity contribution in [2.75, 3.05) is 19.6 Å². The lowest BCUT2D eigenvalue weighted by Gasteiger charge is -2.33. The van der Waals surface area contributed by atoms with Gasteiger partial charge in [-0.2, -0.15) is 0 Å². The van der Waals surface area contributed by atoms with E-state index in [4.69, 9.17) is 0 Å². The SMILES string of the molecule is CC(C)CN(C(=O)C1CNCC1C)C1CCCC1. The molecule has 3 nitrogen and oxygen atoms in total. The lowest BCUT2D eigenvalue weighted by atomic mass is 9.95. The summed E-state index contributed by atoms with van der Waals surface area (Å²) in [7, 11) is 0. The number of rotatable bonds is 4. The molecule has 1 saturated heterocycles. The number of hydrogen-bond donors (Lipinski definition) is 1. The Morgan fingerprint density at radius 2 is 1.94 bits per heavy atom. The zero-order valence-electron chi connectivity index (χ0n) is 12.1. The number of carbonyl (C=O) groups is 1. The Morgan fingerprint density at radius 1 is 1.28 bits per heavy atom. The van der Waals surface area contributed by atoms with E-state index in [2.05, 4.69) is 31.0 Å². The first-order chi connectivity index (χ1) is 8.59. The van der Waals surface area contributed by atoms with Crippen LogP contribution in [0.5, 0.6) is 0 Å². The second-order valence-corrected chi connectivity index (χ2v) is 6.56. The van der Waals surface area contributed by atoms with Crippen LogP contribution in [0.15, 0.2) is 0 Å². The van der Waals surface area contributed by atoms with Crippen LogP contribution in [0.3, 0.4) is 0 Å². The largest absolute Gasteiger partial charge is 0.339 e. The van der Waals surface area contributed by atoms with Gasteiger partial charge in [0.05, 0.1) is 5.92 Å². The van der Waals surface area contributed by atoms with E-state index >= 15 is 0 Å². The van der Waals surface area contributed by atoms with Crippen molar-refractivity contribution in [1.82, 2.24) is 10.2 Å². The Hall–Kier alpha value is -0.570. The molecule has 0 bridgehead atoms. The van der Waals surface area contributed by atoms with Crippen LogP contribution in [-0.4, -0.2) is 36.5 Å². The molecule has 2 rings (SSSR count). The molecule has 18 heavy (non-hydrogen) atoms. The molecule has 2 aliphatic rings. The molecule has 104 valence electrons. The van der Waals surface area contributed by atoms with Gasteiger partial charge < -0.3 is 10.2 Å². The molecule has 0 aromatic heterocycles. The molecular formula is C15H28N2O. The van der Waals surface area contributed by atoms with E-state index in [0.29, 0.717) is 23.8 Å². The van der Waals surface area contributed by atoms with Gasteiger partial charge >= 0.3 is 0 Å². The van der Waals surface area contributed by atoms with E-state index in [1.54, 1.807) is 0 Å². The van der Waals surface area contributed by atoms with Crippen LogP contribution < -0.4 is 5.32 Å². The number of amides is 1. The minimum Gasteiger partial charge on any atom is -0.339 e. The number of nitrogens with one attached hydrogen (secondary N) is 1. The highest BCUT2D eigenvalue weighted by molar-refractivity contribution is 5.80. The summed E-state index contributed by atoms with van der Waals surface area (Å²) in [5.74, 6) is 1.69. The van der Waals surface area contributed by atoms with Crippen LogP contribution in [0.2, 0.25) is 0 Å². The maximum atomic E-state index is 12.8. The molecule has 1 aliphatic heterocycles. The minimum absolute atomic E-state index is 0.212. The number of hydrogen-bond acceptors (Lipinski definition) is 2. The van der Waals surface area contributed by atoms with Gasteiger partial charge in [-0.1, -0.05) is 33.6 Å². The van der Waals surface area contributed by atoms with E-state index in [1.165, 1.54) is 25.7 Å². The van der Waals surface area contributed by atoms with Gasteiger partial charge in [0.25, 0.3) is 0 Å². The van der Waals surface area contributed by atoms with E-state index in [9.17, 15) is 4.79 Å². The summed E-state index contributed by atoms with van der Waals surface area (Å²) in [4.78, 5) is 15.0. The topological polar surface area (TPSA) is 32.3 Å². The quantitative estimate of drug-likeness (QED) is 0.832. The van der Waals surface area contributed by atoms with Crippen LogP contribution in [0.25, 0.3) is 0 Å². The highest BCUT2D eigenvalue weighted by Crippen LogP contribution is 2.28. The van der Waals surface area contributed by atoms with Crippen molar-refractivity contribution in [3.05, 3.63) is 0 Å². The second-order valence-electron chi connectivity index (χ2n) is 6.56. The van der Waals surface area contributed by atoms with Gasteiger partial charge in [-0.3, -0.25) is 4.79 Å². The number of nitrogens with zero attached hydrogens (tertiary/aromatic N) is 1. The van der Waals surface area contributed by atoms with Gasteiger partial charge in [0.2, 0.25) is 5.91 Å². The molecule has 1 amide bonds. The summed E-state index contributed by atoms with van der Waals surface area (Å²) in [6.45, 7) is 9.44. The molecule has 1 aliphatic carbocycles. The summed E-state index contributed by atoms with van der Waals surface area (Å²) in [6.07, 6.45) is 5.02. The monoisotopic (exact) mass is 252 g/mol. The van der Waals surface area contributed by atoms with Crippen molar-refractivity contribution in [3.8, 4) is 0 Å². The average molecular weight is 252 g/mol. The lowest BCUT2D eigenvalue weighted by Crippen LogP contribution is -2.46. The van der Waals surface area contributed by atoms with Gasteiger partial charge in [-0.05, 0) is 31.2 Å². The van der Waals surface area contributed by atoms with Gasteiger partial charge in [0, 0.05) is 19.1 Å². The molecule has 0 radical (unpaired) electrons. The van der Waals surface area contributed by atoms with Crippen molar-refractivity contribution >= 4 is 5.91 Å². The van der Waals surface area contributed by atoms with Gasteiger partial charge in [0.1, 0.15) is 0 Å². The Labute approximate surface area is 111 Å². The maximum absolute atomic E-state index is 12.8. The van der Waals surface area contributed by atoms with Crippen molar-refractivity contribution < 1.29 is 4.79 Å². The van der Waals surface area contributed by atoms with E-state index in [1.807, 2.05) is 0 Å². The van der Waals surface area contributed by atoms with E-state index < -0.39 is 0 Å². The maximum Gasteiger partial charge on any atom is 0.227 e. The fraction of sp³-hybridized carbons (Fsp3) is 0.933. The molecule has 0 aromatic carbocycles. The summed E-state index contributed by atoms with van der Waals surface area (Å²) < 4.78 is 0. The average Bonchev–Trinajstić information content (AvgIpc) is 2.95. The van der Waals surface area contributed by atoms with Crippen LogP contribution in [0.4, 0.5) is 0 Å². The summed E-state index contributed by atoms with van der Waals surface area (Å²) in [5, 5.41) is 3.35. The first kappa shape index (κ1) is 13.9. The molecule has 2 atom stereocenters. The zero-order valence-corrected chi connectivity index (χ0v) is 12.1. The van der Waals surface area contributed by atoms with Crippen molar-refractivity contribution in [3.63, 3.8) is 0 Å². The van der Waals surface area contributed by atoms with Gasteiger partial charge in [0.15, 0.2) is 0 Å². The third kappa shape index (κ3) is 3.05. The molecule has 1 N–H and O–H groups in total. The minimum atomic E-state index is 0.212. The predicted octanol–water partition coefficient (Wildman–Crippen LogP) is 2.27. The standard InChI is InChI=1S/C15H28N2O/c1-11(2)10-17(13-6-4-5-7-13)15(18)14-9-16-8-12(14)3/h11-14,16H,4-10H2,1-3H3. The zero-order chi connectivity index (χ0) is 13.1. The molecule has 2 unspecified atom stereocenters. The Balaban J connectivity index is 2.04. The fourth-order valence-electron chi connectivity index (χ4n) is 3.38. The third-order valence-corrected chi connectivity index (χ3v) is 4.45. The number of carbonyl (C=O) groups excluding carboxylic acids is 1. The third-order valence-electron chi connectivity index (χ3n) is 4.45. The first-order valence-electron chi connectivity index (χ1n) is 7.60. The molecule has 1 heterocycles. The second kappa shape index (κ2) is 6.05. The Morgan fingerprint density at radius 3 is 2.44 bits per heavy atom. The predicted molar refractivity (Wildman–Crippen MR) is 74.3 cm³/mol. The normalized spacial score (nSPS) is 29.1.